The van der Waals surface area contributed by atoms with Crippen LogP contribution in [0.4, 0.5) is 0 Å². The second-order valence-electron chi connectivity index (χ2n) is 3.99. The molecule has 0 bridgehead atoms. The zero-order valence-electron chi connectivity index (χ0n) is 10.8. The van der Waals surface area contributed by atoms with Crippen molar-refractivity contribution in [2.75, 3.05) is 33.4 Å². The van der Waals surface area contributed by atoms with Crippen LogP contribution in [-0.4, -0.2) is 53.6 Å². The lowest BCUT2D eigenvalue weighted by atomic mass is 10.4. The van der Waals surface area contributed by atoms with Gasteiger partial charge >= 0.3 is 0 Å². The molecule has 0 amide bonds. The van der Waals surface area contributed by atoms with Crippen LogP contribution in [0.1, 0.15) is 5.82 Å². The minimum atomic E-state index is 0.0966. The van der Waals surface area contributed by atoms with E-state index in [2.05, 4.69) is 10.1 Å². The zero-order chi connectivity index (χ0) is 13.5. The molecule has 0 aromatic carbocycles. The van der Waals surface area contributed by atoms with Crippen molar-refractivity contribution in [1.29, 1.82) is 0 Å². The summed E-state index contributed by atoms with van der Waals surface area (Å²) in [7, 11) is 1.65. The smallest absolute Gasteiger partial charge is 0.268 e. The van der Waals surface area contributed by atoms with E-state index in [0.717, 1.165) is 11.4 Å². The fourth-order valence-corrected chi connectivity index (χ4v) is 2.29. The van der Waals surface area contributed by atoms with Gasteiger partial charge < -0.3 is 14.4 Å². The maximum Gasteiger partial charge on any atom is 0.268 e. The van der Waals surface area contributed by atoms with Crippen molar-refractivity contribution >= 4 is 11.3 Å². The quantitative estimate of drug-likeness (QED) is 0.786. The van der Waals surface area contributed by atoms with Crippen molar-refractivity contribution in [2.24, 2.45) is 0 Å². The van der Waals surface area contributed by atoms with E-state index in [0.29, 0.717) is 31.4 Å². The summed E-state index contributed by atoms with van der Waals surface area (Å²) in [5.74, 6) is 1.16. The van der Waals surface area contributed by atoms with Gasteiger partial charge in [-0.05, 0) is 11.4 Å². The molecule has 0 spiro atoms. The largest absolute Gasteiger partial charge is 0.395 e. The molecule has 0 aliphatic heterocycles. The second-order valence-corrected chi connectivity index (χ2v) is 4.93. The minimum absolute atomic E-state index is 0.0966. The van der Waals surface area contributed by atoms with E-state index in [4.69, 9.17) is 14.4 Å². The van der Waals surface area contributed by atoms with Gasteiger partial charge in [0.25, 0.3) is 5.89 Å². The van der Waals surface area contributed by atoms with Crippen molar-refractivity contribution in [3.8, 4) is 10.8 Å². The fourth-order valence-electron chi connectivity index (χ4n) is 1.65. The van der Waals surface area contributed by atoms with Gasteiger partial charge in [-0.1, -0.05) is 11.2 Å². The van der Waals surface area contributed by atoms with E-state index in [9.17, 15) is 0 Å². The van der Waals surface area contributed by atoms with Crippen molar-refractivity contribution in [3.05, 3.63) is 23.3 Å². The van der Waals surface area contributed by atoms with E-state index in [1.54, 1.807) is 18.4 Å². The number of aliphatic hydroxyl groups is 1. The molecule has 7 heteroatoms. The Kier molecular flexibility index (Phi) is 5.46. The van der Waals surface area contributed by atoms with Gasteiger partial charge in [0.2, 0.25) is 0 Å². The summed E-state index contributed by atoms with van der Waals surface area (Å²) < 4.78 is 10.3. The van der Waals surface area contributed by atoms with Crippen LogP contribution in [0.15, 0.2) is 22.0 Å². The molecule has 1 N–H and O–H groups in total. The second kappa shape index (κ2) is 7.34. The van der Waals surface area contributed by atoms with Gasteiger partial charge in [0.15, 0.2) is 5.82 Å². The highest BCUT2D eigenvalue weighted by molar-refractivity contribution is 7.13. The molecule has 0 saturated heterocycles. The summed E-state index contributed by atoms with van der Waals surface area (Å²) in [6.07, 6.45) is 0. The Morgan fingerprint density at radius 1 is 1.47 bits per heavy atom. The Morgan fingerprint density at radius 3 is 3.05 bits per heavy atom. The molecule has 0 aliphatic rings. The molecule has 2 aromatic rings. The third kappa shape index (κ3) is 4.10. The zero-order valence-corrected chi connectivity index (χ0v) is 11.6. The van der Waals surface area contributed by atoms with Gasteiger partial charge in [0.05, 0.1) is 24.6 Å². The number of methoxy groups -OCH3 is 1. The van der Waals surface area contributed by atoms with Gasteiger partial charge in [-0.2, -0.15) is 4.98 Å². The third-order valence-corrected chi connectivity index (χ3v) is 3.45. The Hall–Kier alpha value is -1.28. The lowest BCUT2D eigenvalue weighted by Crippen LogP contribution is -2.30. The van der Waals surface area contributed by atoms with Crippen molar-refractivity contribution in [1.82, 2.24) is 15.0 Å². The predicted molar refractivity (Wildman–Crippen MR) is 71.8 cm³/mol. The number of hydrogen-bond donors (Lipinski definition) is 1. The number of hydrogen-bond acceptors (Lipinski definition) is 7. The monoisotopic (exact) mass is 283 g/mol. The first kappa shape index (κ1) is 14.1. The van der Waals surface area contributed by atoms with Crippen LogP contribution in [-0.2, 0) is 11.3 Å². The Labute approximate surface area is 115 Å². The molecule has 6 nitrogen and oxygen atoms in total. The Morgan fingerprint density at radius 2 is 2.37 bits per heavy atom. The van der Waals surface area contributed by atoms with E-state index in [1.807, 2.05) is 22.4 Å². The number of rotatable bonds is 8. The van der Waals surface area contributed by atoms with Crippen LogP contribution in [0.3, 0.4) is 0 Å². The molecular weight excluding hydrogens is 266 g/mol. The van der Waals surface area contributed by atoms with Crippen molar-refractivity contribution in [2.45, 2.75) is 6.54 Å². The highest BCUT2D eigenvalue weighted by Gasteiger charge is 2.13. The fraction of sp³-hybridized carbons (Fsp3) is 0.500. The van der Waals surface area contributed by atoms with Gasteiger partial charge in [-0.3, -0.25) is 4.90 Å². The van der Waals surface area contributed by atoms with Crippen molar-refractivity contribution in [3.63, 3.8) is 0 Å². The van der Waals surface area contributed by atoms with Gasteiger partial charge in [0.1, 0.15) is 0 Å². The molecule has 0 saturated carbocycles. The number of aliphatic hydroxyl groups excluding tert-OH is 1. The Bertz CT molecular complexity index is 472. The molecule has 2 rings (SSSR count). The predicted octanol–water partition coefficient (Wildman–Crippen LogP) is 1.24. The van der Waals surface area contributed by atoms with Gasteiger partial charge in [-0.15, -0.1) is 11.3 Å². The average molecular weight is 283 g/mol. The average Bonchev–Trinajstić information content (AvgIpc) is 3.06. The SMILES string of the molecule is COCCN(CCO)Cc1noc(-c2cccs2)n1. The van der Waals surface area contributed by atoms with Crippen LogP contribution < -0.4 is 0 Å². The van der Waals surface area contributed by atoms with Crippen LogP contribution in [0.25, 0.3) is 10.8 Å². The molecule has 2 aromatic heterocycles. The first-order valence-electron chi connectivity index (χ1n) is 6.02. The van der Waals surface area contributed by atoms with E-state index >= 15 is 0 Å². The lowest BCUT2D eigenvalue weighted by Gasteiger charge is -2.18. The minimum Gasteiger partial charge on any atom is -0.395 e. The molecule has 0 fully saturated rings. The molecule has 19 heavy (non-hydrogen) atoms. The summed E-state index contributed by atoms with van der Waals surface area (Å²) in [6.45, 7) is 2.53. The third-order valence-electron chi connectivity index (χ3n) is 2.59. The molecule has 104 valence electrons. The highest BCUT2D eigenvalue weighted by atomic mass is 32.1. The topological polar surface area (TPSA) is 71.6 Å². The summed E-state index contributed by atoms with van der Waals surface area (Å²) in [5, 5.41) is 15.0. The van der Waals surface area contributed by atoms with E-state index in [1.165, 1.54) is 0 Å². The van der Waals surface area contributed by atoms with Gasteiger partial charge in [-0.25, -0.2) is 0 Å². The summed E-state index contributed by atoms with van der Waals surface area (Å²) in [5.41, 5.74) is 0. The van der Waals surface area contributed by atoms with Crippen molar-refractivity contribution < 1.29 is 14.4 Å². The lowest BCUT2D eigenvalue weighted by molar-refractivity contribution is 0.124. The Balaban J connectivity index is 1.97. The molecule has 0 atom stereocenters. The van der Waals surface area contributed by atoms with Crippen LogP contribution in [0, 0.1) is 0 Å². The summed E-state index contributed by atoms with van der Waals surface area (Å²) in [6, 6.07) is 3.89. The number of thiophene rings is 1. The summed E-state index contributed by atoms with van der Waals surface area (Å²) >= 11 is 1.56. The normalized spacial score (nSPS) is 11.3. The first-order chi connectivity index (χ1) is 9.33. The molecule has 0 radical (unpaired) electrons. The maximum atomic E-state index is 9.02. The first-order valence-corrected chi connectivity index (χ1v) is 6.90. The molecule has 2 heterocycles. The van der Waals surface area contributed by atoms with Crippen LogP contribution in [0.2, 0.25) is 0 Å². The van der Waals surface area contributed by atoms with E-state index < -0.39 is 0 Å². The maximum absolute atomic E-state index is 9.02. The highest BCUT2D eigenvalue weighted by Crippen LogP contribution is 2.22. The summed E-state index contributed by atoms with van der Waals surface area (Å²) in [4.78, 5) is 7.33. The van der Waals surface area contributed by atoms with Crippen LogP contribution in [0.5, 0.6) is 0 Å². The molecule has 0 unspecified atom stereocenters. The number of nitrogens with zero attached hydrogens (tertiary/aromatic N) is 3. The number of ether oxygens (including phenoxy) is 1. The molecule has 0 aliphatic carbocycles. The standard InChI is InChI=1S/C12H17N3O3S/c1-17-7-5-15(4-6-16)9-11-13-12(18-14-11)10-3-2-8-19-10/h2-3,8,16H,4-7,9H2,1H3. The van der Waals surface area contributed by atoms with Crippen LogP contribution >= 0.6 is 11.3 Å². The van der Waals surface area contributed by atoms with Gasteiger partial charge in [0, 0.05) is 20.2 Å². The van der Waals surface area contributed by atoms with E-state index in [-0.39, 0.29) is 6.61 Å². The number of aromatic nitrogens is 2. The molecular formula is C12H17N3O3S.